The Morgan fingerprint density at radius 2 is 2.25 bits per heavy atom. The van der Waals surface area contributed by atoms with E-state index in [0.29, 0.717) is 15.0 Å². The van der Waals surface area contributed by atoms with Crippen molar-refractivity contribution in [2.45, 2.75) is 18.2 Å². The molecule has 0 bridgehead atoms. The van der Waals surface area contributed by atoms with Gasteiger partial charge in [-0.1, -0.05) is 46.1 Å². The summed E-state index contributed by atoms with van der Waals surface area (Å²) >= 11 is 14.9. The fraction of sp³-hybridized carbons (Fsp3) is 0.375. The number of alkyl halides is 1. The first kappa shape index (κ1) is 10.3. The van der Waals surface area contributed by atoms with E-state index < -0.39 is 0 Å². The van der Waals surface area contributed by atoms with Crippen LogP contribution in [0.4, 0.5) is 0 Å². The third-order valence-corrected chi connectivity index (χ3v) is 2.38. The zero-order chi connectivity index (χ0) is 9.14. The van der Waals surface area contributed by atoms with Crippen molar-refractivity contribution in [3.05, 3.63) is 28.0 Å². The Labute approximate surface area is 90.2 Å². The summed E-state index contributed by atoms with van der Waals surface area (Å²) < 4.78 is 0. The summed E-state index contributed by atoms with van der Waals surface area (Å²) in [6.45, 7) is 2.07. The molecule has 4 heteroatoms. The zero-order valence-corrected chi connectivity index (χ0v) is 9.62. The molecule has 0 spiro atoms. The quantitative estimate of drug-likeness (QED) is 0.589. The molecule has 0 saturated carbocycles. The molecule has 0 saturated heterocycles. The molecule has 1 aromatic heterocycles. The normalized spacial score (nSPS) is 13.0. The van der Waals surface area contributed by atoms with Gasteiger partial charge in [-0.25, -0.2) is 4.98 Å². The van der Waals surface area contributed by atoms with Crippen LogP contribution in [0.5, 0.6) is 0 Å². The Bertz CT molecular complexity index is 276. The average Bonchev–Trinajstić information content (AvgIpc) is 1.96. The first-order valence-corrected chi connectivity index (χ1v) is 5.20. The number of aromatic nitrogens is 1. The largest absolute Gasteiger partial charge is 0.243 e. The second-order valence-corrected chi connectivity index (χ2v) is 4.93. The highest BCUT2D eigenvalue weighted by atomic mass is 79.9. The van der Waals surface area contributed by atoms with Crippen LogP contribution in [0.15, 0.2) is 12.3 Å². The molecule has 1 atom stereocenters. The summed E-state index contributed by atoms with van der Waals surface area (Å²) in [5.41, 5.74) is 1.09. The Balaban J connectivity index is 2.82. The monoisotopic (exact) mass is 267 g/mol. The van der Waals surface area contributed by atoms with Gasteiger partial charge in [0.25, 0.3) is 0 Å². The molecule has 0 aromatic carbocycles. The fourth-order valence-corrected chi connectivity index (χ4v) is 1.56. The smallest absolute Gasteiger partial charge is 0.147 e. The molecule has 0 aliphatic carbocycles. The molecule has 0 aliphatic rings. The minimum absolute atomic E-state index is 0.364. The van der Waals surface area contributed by atoms with Crippen molar-refractivity contribution in [3.63, 3.8) is 0 Å². The second kappa shape index (κ2) is 4.45. The molecule has 1 nitrogen and oxygen atoms in total. The molecule has 1 aromatic rings. The van der Waals surface area contributed by atoms with Crippen molar-refractivity contribution in [2.24, 2.45) is 0 Å². The van der Waals surface area contributed by atoms with Crippen LogP contribution in [-0.2, 0) is 6.42 Å². The Morgan fingerprint density at radius 1 is 1.58 bits per heavy atom. The number of pyridine rings is 1. The van der Waals surface area contributed by atoms with E-state index in [1.807, 2.05) is 6.07 Å². The molecule has 1 heterocycles. The minimum Gasteiger partial charge on any atom is -0.243 e. The van der Waals surface area contributed by atoms with Gasteiger partial charge in [-0.05, 0) is 18.1 Å². The van der Waals surface area contributed by atoms with Gasteiger partial charge in [-0.15, -0.1) is 0 Å². The molecule has 0 amide bonds. The van der Waals surface area contributed by atoms with Crippen molar-refractivity contribution in [1.29, 1.82) is 0 Å². The van der Waals surface area contributed by atoms with E-state index in [1.165, 1.54) is 0 Å². The first-order valence-electron chi connectivity index (χ1n) is 3.53. The molecule has 1 rings (SSSR count). The van der Waals surface area contributed by atoms with Gasteiger partial charge in [-0.3, -0.25) is 0 Å². The van der Waals surface area contributed by atoms with Gasteiger partial charge in [0, 0.05) is 11.0 Å². The van der Waals surface area contributed by atoms with Crippen LogP contribution in [0.25, 0.3) is 0 Å². The molecule has 1 unspecified atom stereocenters. The lowest BCUT2D eigenvalue weighted by Crippen LogP contribution is -1.96. The first-order chi connectivity index (χ1) is 5.59. The van der Waals surface area contributed by atoms with Gasteiger partial charge in [0.05, 0.1) is 5.02 Å². The van der Waals surface area contributed by atoms with Crippen LogP contribution in [0.3, 0.4) is 0 Å². The summed E-state index contributed by atoms with van der Waals surface area (Å²) in [4.78, 5) is 4.37. The lowest BCUT2D eigenvalue weighted by molar-refractivity contribution is 0.950. The van der Waals surface area contributed by atoms with Crippen LogP contribution in [0, 0.1) is 0 Å². The maximum Gasteiger partial charge on any atom is 0.147 e. The van der Waals surface area contributed by atoms with E-state index in [2.05, 4.69) is 27.8 Å². The lowest BCUT2D eigenvalue weighted by atomic mass is 10.2. The molecular formula is C8H8BrCl2N. The maximum absolute atomic E-state index is 5.79. The van der Waals surface area contributed by atoms with Crippen molar-refractivity contribution in [1.82, 2.24) is 4.98 Å². The third kappa shape index (κ3) is 2.92. The molecule has 12 heavy (non-hydrogen) atoms. The van der Waals surface area contributed by atoms with Crippen LogP contribution >= 0.6 is 39.1 Å². The van der Waals surface area contributed by atoms with E-state index in [1.54, 1.807) is 6.20 Å². The van der Waals surface area contributed by atoms with Crippen molar-refractivity contribution in [3.8, 4) is 0 Å². The average molecular weight is 269 g/mol. The van der Waals surface area contributed by atoms with Crippen LogP contribution < -0.4 is 0 Å². The SMILES string of the molecule is CC(Br)Cc1cnc(Cl)c(Cl)c1. The van der Waals surface area contributed by atoms with E-state index in [-0.39, 0.29) is 0 Å². The van der Waals surface area contributed by atoms with Crippen molar-refractivity contribution < 1.29 is 0 Å². The van der Waals surface area contributed by atoms with Crippen LogP contribution in [-0.4, -0.2) is 9.81 Å². The minimum atomic E-state index is 0.364. The molecule has 0 radical (unpaired) electrons. The molecule has 0 aliphatic heterocycles. The highest BCUT2D eigenvalue weighted by molar-refractivity contribution is 9.09. The zero-order valence-electron chi connectivity index (χ0n) is 6.52. The van der Waals surface area contributed by atoms with Gasteiger partial charge < -0.3 is 0 Å². The van der Waals surface area contributed by atoms with Gasteiger partial charge in [0.15, 0.2) is 0 Å². The number of halogens is 3. The van der Waals surface area contributed by atoms with Gasteiger partial charge in [-0.2, -0.15) is 0 Å². The van der Waals surface area contributed by atoms with Crippen LogP contribution in [0.2, 0.25) is 10.2 Å². The van der Waals surface area contributed by atoms with Gasteiger partial charge in [0.1, 0.15) is 5.15 Å². The number of nitrogens with zero attached hydrogens (tertiary/aromatic N) is 1. The van der Waals surface area contributed by atoms with E-state index in [4.69, 9.17) is 23.2 Å². The van der Waals surface area contributed by atoms with E-state index in [9.17, 15) is 0 Å². The van der Waals surface area contributed by atoms with E-state index in [0.717, 1.165) is 12.0 Å². The number of hydrogen-bond donors (Lipinski definition) is 0. The topological polar surface area (TPSA) is 12.9 Å². The summed E-state index contributed by atoms with van der Waals surface area (Å²) in [5.74, 6) is 0. The summed E-state index contributed by atoms with van der Waals surface area (Å²) in [6, 6.07) is 1.84. The standard InChI is InChI=1S/C8H8BrCl2N/c1-5(9)2-6-3-7(10)8(11)12-4-6/h3-5H,2H2,1H3. The molecular weight excluding hydrogens is 261 g/mol. The predicted octanol–water partition coefficient (Wildman–Crippen LogP) is 3.71. The fourth-order valence-electron chi connectivity index (χ4n) is 0.897. The number of rotatable bonds is 2. The van der Waals surface area contributed by atoms with Crippen LogP contribution in [0.1, 0.15) is 12.5 Å². The number of hydrogen-bond acceptors (Lipinski definition) is 1. The summed E-state index contributed by atoms with van der Waals surface area (Å²) in [7, 11) is 0. The van der Waals surface area contributed by atoms with E-state index >= 15 is 0 Å². The highest BCUT2D eigenvalue weighted by Gasteiger charge is 2.03. The Morgan fingerprint density at radius 3 is 2.75 bits per heavy atom. The molecule has 66 valence electrons. The predicted molar refractivity (Wildman–Crippen MR) is 56.4 cm³/mol. The molecule has 0 fully saturated rings. The van der Waals surface area contributed by atoms with Crippen molar-refractivity contribution >= 4 is 39.1 Å². The molecule has 0 N–H and O–H groups in total. The summed E-state index contributed by atoms with van der Waals surface area (Å²) in [5, 5.41) is 0.880. The van der Waals surface area contributed by atoms with Gasteiger partial charge in [0.2, 0.25) is 0 Å². The maximum atomic E-state index is 5.79. The summed E-state index contributed by atoms with van der Waals surface area (Å²) in [6.07, 6.45) is 2.65. The third-order valence-electron chi connectivity index (χ3n) is 1.37. The van der Waals surface area contributed by atoms with Gasteiger partial charge >= 0.3 is 0 Å². The second-order valence-electron chi connectivity index (χ2n) is 2.60. The Kier molecular flexibility index (Phi) is 3.81. The Hall–Kier alpha value is 0.210. The van der Waals surface area contributed by atoms with Crippen molar-refractivity contribution in [2.75, 3.05) is 0 Å². The lowest BCUT2D eigenvalue weighted by Gasteiger charge is -2.03. The highest BCUT2D eigenvalue weighted by Crippen LogP contribution is 2.21.